The molecule has 1 aromatic rings. The number of nitrogens with one attached hydrogen (secondary N) is 1. The molecule has 0 amide bonds. The van der Waals surface area contributed by atoms with Gasteiger partial charge in [-0.15, -0.1) is 0 Å². The predicted octanol–water partition coefficient (Wildman–Crippen LogP) is 3.70. The SMILES string of the molecule is C[C@@]12CCCCCC1Nc1ccccc12. The molecule has 1 aliphatic carbocycles. The maximum absolute atomic E-state index is 3.72. The smallest absolute Gasteiger partial charge is 0.0381 e. The van der Waals surface area contributed by atoms with E-state index in [2.05, 4.69) is 36.5 Å². The van der Waals surface area contributed by atoms with Gasteiger partial charge in [-0.1, -0.05) is 44.4 Å². The van der Waals surface area contributed by atoms with E-state index < -0.39 is 0 Å². The Bertz CT molecular complexity index is 371. The number of fused-ring (bicyclic) bond motifs is 3. The number of rotatable bonds is 0. The molecule has 0 spiro atoms. The van der Waals surface area contributed by atoms with Gasteiger partial charge in [0.2, 0.25) is 0 Å². The Morgan fingerprint density at radius 2 is 2.07 bits per heavy atom. The summed E-state index contributed by atoms with van der Waals surface area (Å²) in [5.41, 5.74) is 3.33. The first-order chi connectivity index (χ1) is 7.31. The fourth-order valence-corrected chi connectivity index (χ4v) is 3.36. The summed E-state index contributed by atoms with van der Waals surface area (Å²) in [4.78, 5) is 0. The van der Waals surface area contributed by atoms with Crippen LogP contribution in [-0.4, -0.2) is 6.04 Å². The second kappa shape index (κ2) is 3.26. The minimum Gasteiger partial charge on any atom is -0.381 e. The lowest BCUT2D eigenvalue weighted by atomic mass is 9.75. The van der Waals surface area contributed by atoms with Crippen LogP contribution in [-0.2, 0) is 5.41 Å². The molecule has 15 heavy (non-hydrogen) atoms. The van der Waals surface area contributed by atoms with E-state index in [0.717, 1.165) is 0 Å². The average molecular weight is 201 g/mol. The van der Waals surface area contributed by atoms with Crippen LogP contribution >= 0.6 is 0 Å². The minimum atomic E-state index is 0.396. The summed E-state index contributed by atoms with van der Waals surface area (Å²) in [6.45, 7) is 2.45. The summed E-state index contributed by atoms with van der Waals surface area (Å²) in [5.74, 6) is 0. The summed E-state index contributed by atoms with van der Waals surface area (Å²) in [5, 5.41) is 3.72. The summed E-state index contributed by atoms with van der Waals surface area (Å²) >= 11 is 0. The molecule has 80 valence electrons. The second-order valence-electron chi connectivity index (χ2n) is 5.26. The normalized spacial score (nSPS) is 33.8. The molecule has 1 aliphatic heterocycles. The number of para-hydroxylation sites is 1. The molecule has 3 rings (SSSR count). The fraction of sp³-hybridized carbons (Fsp3) is 0.571. The molecular formula is C14H19N. The van der Waals surface area contributed by atoms with Crippen molar-refractivity contribution in [3.8, 4) is 0 Å². The molecule has 0 aromatic heterocycles. The quantitative estimate of drug-likeness (QED) is 0.675. The van der Waals surface area contributed by atoms with E-state index in [0.29, 0.717) is 11.5 Å². The van der Waals surface area contributed by atoms with Crippen molar-refractivity contribution >= 4 is 5.69 Å². The molecular weight excluding hydrogens is 182 g/mol. The molecule has 1 heteroatoms. The van der Waals surface area contributed by atoms with Gasteiger partial charge >= 0.3 is 0 Å². The van der Waals surface area contributed by atoms with Gasteiger partial charge in [0.1, 0.15) is 0 Å². The Labute approximate surface area is 91.9 Å². The van der Waals surface area contributed by atoms with Crippen molar-refractivity contribution in [3.05, 3.63) is 29.8 Å². The third-order valence-electron chi connectivity index (χ3n) is 4.33. The van der Waals surface area contributed by atoms with Gasteiger partial charge in [0, 0.05) is 17.1 Å². The lowest BCUT2D eigenvalue weighted by Gasteiger charge is -2.30. The van der Waals surface area contributed by atoms with Crippen LogP contribution in [0.4, 0.5) is 5.69 Å². The van der Waals surface area contributed by atoms with E-state index >= 15 is 0 Å². The van der Waals surface area contributed by atoms with E-state index in [1.807, 2.05) is 0 Å². The van der Waals surface area contributed by atoms with E-state index in [4.69, 9.17) is 0 Å². The molecule has 2 atom stereocenters. The van der Waals surface area contributed by atoms with E-state index in [-0.39, 0.29) is 0 Å². The zero-order valence-electron chi connectivity index (χ0n) is 9.42. The van der Waals surface area contributed by atoms with Crippen molar-refractivity contribution in [1.82, 2.24) is 0 Å². The van der Waals surface area contributed by atoms with Gasteiger partial charge < -0.3 is 5.32 Å². The van der Waals surface area contributed by atoms with Crippen LogP contribution in [0.1, 0.15) is 44.6 Å². The van der Waals surface area contributed by atoms with E-state index in [9.17, 15) is 0 Å². The van der Waals surface area contributed by atoms with Crippen LogP contribution in [0.3, 0.4) is 0 Å². The number of anilines is 1. The standard InChI is InChI=1S/C14H19N/c1-14-10-6-2-3-9-13(14)15-12-8-5-4-7-11(12)14/h4-5,7-8,13,15H,2-3,6,9-10H2,1H3/t13?,14-/m0/s1. The monoisotopic (exact) mass is 201 g/mol. The third-order valence-corrected chi connectivity index (χ3v) is 4.33. The van der Waals surface area contributed by atoms with Crippen molar-refractivity contribution in [2.24, 2.45) is 0 Å². The maximum atomic E-state index is 3.72. The van der Waals surface area contributed by atoms with Gasteiger partial charge in [-0.2, -0.15) is 0 Å². The zero-order valence-corrected chi connectivity index (χ0v) is 9.42. The molecule has 1 heterocycles. The Kier molecular flexibility index (Phi) is 2.01. The minimum absolute atomic E-state index is 0.396. The molecule has 0 bridgehead atoms. The molecule has 1 saturated carbocycles. The largest absolute Gasteiger partial charge is 0.381 e. The van der Waals surface area contributed by atoms with Gasteiger partial charge in [-0.25, -0.2) is 0 Å². The summed E-state index contributed by atoms with van der Waals surface area (Å²) in [7, 11) is 0. The average Bonchev–Trinajstić information content (AvgIpc) is 2.41. The highest BCUT2D eigenvalue weighted by molar-refractivity contribution is 5.61. The first kappa shape index (κ1) is 9.26. The van der Waals surface area contributed by atoms with Crippen molar-refractivity contribution in [2.45, 2.75) is 50.5 Å². The van der Waals surface area contributed by atoms with Crippen molar-refractivity contribution in [2.75, 3.05) is 5.32 Å². The Morgan fingerprint density at radius 1 is 1.20 bits per heavy atom. The van der Waals surface area contributed by atoms with Crippen LogP contribution in [0.25, 0.3) is 0 Å². The molecule has 1 nitrogen and oxygen atoms in total. The van der Waals surface area contributed by atoms with Gasteiger partial charge in [0.25, 0.3) is 0 Å². The van der Waals surface area contributed by atoms with Gasteiger partial charge in [0.05, 0.1) is 0 Å². The number of hydrogen-bond acceptors (Lipinski definition) is 1. The van der Waals surface area contributed by atoms with Crippen LogP contribution in [0, 0.1) is 0 Å². The van der Waals surface area contributed by atoms with Crippen LogP contribution in [0.15, 0.2) is 24.3 Å². The summed E-state index contributed by atoms with van der Waals surface area (Å²) in [6, 6.07) is 9.54. The highest BCUT2D eigenvalue weighted by Crippen LogP contribution is 2.47. The maximum Gasteiger partial charge on any atom is 0.0381 e. The molecule has 0 radical (unpaired) electrons. The van der Waals surface area contributed by atoms with E-state index in [1.165, 1.54) is 37.8 Å². The number of hydrogen-bond donors (Lipinski definition) is 1. The summed E-state index contributed by atoms with van der Waals surface area (Å²) < 4.78 is 0. The second-order valence-corrected chi connectivity index (χ2v) is 5.26. The van der Waals surface area contributed by atoms with Crippen LogP contribution in [0.5, 0.6) is 0 Å². The van der Waals surface area contributed by atoms with Gasteiger partial charge in [0.15, 0.2) is 0 Å². The summed E-state index contributed by atoms with van der Waals surface area (Å²) in [6.07, 6.45) is 6.88. The van der Waals surface area contributed by atoms with Crippen LogP contribution in [0.2, 0.25) is 0 Å². The first-order valence-corrected chi connectivity index (χ1v) is 6.17. The lowest BCUT2D eigenvalue weighted by Crippen LogP contribution is -2.34. The molecule has 1 fully saturated rings. The highest BCUT2D eigenvalue weighted by Gasteiger charge is 2.42. The van der Waals surface area contributed by atoms with Crippen molar-refractivity contribution in [3.63, 3.8) is 0 Å². The number of benzene rings is 1. The molecule has 2 aliphatic rings. The van der Waals surface area contributed by atoms with Crippen molar-refractivity contribution in [1.29, 1.82) is 0 Å². The first-order valence-electron chi connectivity index (χ1n) is 6.17. The van der Waals surface area contributed by atoms with Gasteiger partial charge in [-0.3, -0.25) is 0 Å². The zero-order chi connectivity index (χ0) is 10.3. The predicted molar refractivity (Wildman–Crippen MR) is 64.3 cm³/mol. The lowest BCUT2D eigenvalue weighted by molar-refractivity contribution is 0.394. The Morgan fingerprint density at radius 3 is 3.00 bits per heavy atom. The highest BCUT2D eigenvalue weighted by atomic mass is 15.0. The third kappa shape index (κ3) is 1.29. The fourth-order valence-electron chi connectivity index (χ4n) is 3.36. The van der Waals surface area contributed by atoms with E-state index in [1.54, 1.807) is 5.56 Å². The van der Waals surface area contributed by atoms with Crippen molar-refractivity contribution < 1.29 is 0 Å². The Balaban J connectivity index is 2.06. The topological polar surface area (TPSA) is 12.0 Å². The van der Waals surface area contributed by atoms with Crippen LogP contribution < -0.4 is 5.32 Å². The molecule has 0 saturated heterocycles. The Hall–Kier alpha value is -0.980. The molecule has 1 aromatic carbocycles. The van der Waals surface area contributed by atoms with Gasteiger partial charge in [-0.05, 0) is 24.5 Å². The molecule has 1 unspecified atom stereocenters. The molecule has 1 N–H and O–H groups in total.